The first-order valence-electron chi connectivity index (χ1n) is 8.28. The van der Waals surface area contributed by atoms with Crippen molar-refractivity contribution in [2.45, 2.75) is 11.4 Å². The summed E-state index contributed by atoms with van der Waals surface area (Å²) in [6, 6.07) is 10.1. The third kappa shape index (κ3) is 4.73. The topological polar surface area (TPSA) is 75.7 Å². The number of ether oxygens (including phenoxy) is 1. The van der Waals surface area contributed by atoms with Crippen LogP contribution in [-0.2, 0) is 21.3 Å². The molecular formula is C18H18BrFN2O4S. The summed E-state index contributed by atoms with van der Waals surface area (Å²) in [6.45, 7) is 1.38. The van der Waals surface area contributed by atoms with Crippen LogP contribution < -0.4 is 5.32 Å². The van der Waals surface area contributed by atoms with E-state index in [1.54, 1.807) is 6.07 Å². The van der Waals surface area contributed by atoms with Crippen LogP contribution in [0.1, 0.15) is 15.9 Å². The Labute approximate surface area is 165 Å². The molecule has 1 aliphatic rings. The molecule has 1 saturated heterocycles. The van der Waals surface area contributed by atoms with Crippen LogP contribution in [0.2, 0.25) is 0 Å². The third-order valence-electron chi connectivity index (χ3n) is 4.15. The van der Waals surface area contributed by atoms with Gasteiger partial charge in [0.15, 0.2) is 0 Å². The number of halogens is 2. The predicted molar refractivity (Wildman–Crippen MR) is 101 cm³/mol. The summed E-state index contributed by atoms with van der Waals surface area (Å²) in [6.07, 6.45) is 0. The summed E-state index contributed by atoms with van der Waals surface area (Å²) in [5, 5.41) is 2.68. The molecule has 1 heterocycles. The Balaban J connectivity index is 1.74. The van der Waals surface area contributed by atoms with Gasteiger partial charge in [-0.1, -0.05) is 22.0 Å². The SMILES string of the molecule is O=C(NCc1cc(F)ccc1Br)c1cccc(S(=O)(=O)N2CCOCC2)c1. The van der Waals surface area contributed by atoms with Gasteiger partial charge in [0.2, 0.25) is 10.0 Å². The lowest BCUT2D eigenvalue weighted by Gasteiger charge is -2.26. The molecule has 3 rings (SSSR count). The molecule has 0 saturated carbocycles. The van der Waals surface area contributed by atoms with E-state index < -0.39 is 21.7 Å². The molecule has 6 nitrogen and oxygen atoms in total. The molecule has 9 heteroatoms. The monoisotopic (exact) mass is 456 g/mol. The molecule has 2 aromatic carbocycles. The zero-order chi connectivity index (χ0) is 19.4. The lowest BCUT2D eigenvalue weighted by atomic mass is 10.2. The van der Waals surface area contributed by atoms with Gasteiger partial charge >= 0.3 is 0 Å². The van der Waals surface area contributed by atoms with Crippen LogP contribution in [0.3, 0.4) is 0 Å². The van der Waals surface area contributed by atoms with E-state index in [9.17, 15) is 17.6 Å². The Bertz CT molecular complexity index is 946. The number of hydrogen-bond donors (Lipinski definition) is 1. The molecule has 0 aliphatic carbocycles. The number of carbonyl (C=O) groups is 1. The summed E-state index contributed by atoms with van der Waals surface area (Å²) in [7, 11) is -3.68. The van der Waals surface area contributed by atoms with Crippen molar-refractivity contribution < 1.29 is 22.3 Å². The highest BCUT2D eigenvalue weighted by Gasteiger charge is 2.26. The second-order valence-electron chi connectivity index (χ2n) is 5.96. The van der Waals surface area contributed by atoms with Crippen LogP contribution in [-0.4, -0.2) is 44.9 Å². The molecule has 2 aromatic rings. The number of rotatable bonds is 5. The van der Waals surface area contributed by atoms with Gasteiger partial charge in [0.1, 0.15) is 5.82 Å². The van der Waals surface area contributed by atoms with E-state index in [0.29, 0.717) is 23.2 Å². The lowest BCUT2D eigenvalue weighted by Crippen LogP contribution is -2.40. The Morgan fingerprint density at radius 2 is 1.93 bits per heavy atom. The maximum atomic E-state index is 13.3. The zero-order valence-electron chi connectivity index (χ0n) is 14.3. The Kier molecular flexibility index (Phi) is 6.25. The fourth-order valence-corrected chi connectivity index (χ4v) is 4.53. The second kappa shape index (κ2) is 8.47. The van der Waals surface area contributed by atoms with Gasteiger partial charge in [0, 0.05) is 29.7 Å². The molecule has 144 valence electrons. The van der Waals surface area contributed by atoms with Crippen molar-refractivity contribution in [2.75, 3.05) is 26.3 Å². The molecule has 1 aliphatic heterocycles. The Morgan fingerprint density at radius 3 is 2.67 bits per heavy atom. The predicted octanol–water partition coefficient (Wildman–Crippen LogP) is 2.54. The summed E-state index contributed by atoms with van der Waals surface area (Å²) >= 11 is 3.31. The van der Waals surface area contributed by atoms with Crippen LogP contribution >= 0.6 is 15.9 Å². The molecule has 1 amide bonds. The number of sulfonamides is 1. The molecule has 0 unspecified atom stereocenters. The molecular weight excluding hydrogens is 439 g/mol. The number of benzene rings is 2. The molecule has 0 atom stereocenters. The fourth-order valence-electron chi connectivity index (χ4n) is 2.69. The van der Waals surface area contributed by atoms with E-state index in [2.05, 4.69) is 21.2 Å². The van der Waals surface area contributed by atoms with E-state index in [1.165, 1.54) is 40.7 Å². The first-order valence-corrected chi connectivity index (χ1v) is 10.5. The lowest BCUT2D eigenvalue weighted by molar-refractivity contribution is 0.0730. The van der Waals surface area contributed by atoms with Crippen LogP contribution in [0.15, 0.2) is 51.8 Å². The third-order valence-corrected chi connectivity index (χ3v) is 6.82. The minimum absolute atomic E-state index is 0.0592. The van der Waals surface area contributed by atoms with E-state index in [-0.39, 0.29) is 30.1 Å². The highest BCUT2D eigenvalue weighted by atomic mass is 79.9. The quantitative estimate of drug-likeness (QED) is 0.749. The Hall–Kier alpha value is -1.81. The minimum Gasteiger partial charge on any atom is -0.379 e. The maximum absolute atomic E-state index is 13.3. The van der Waals surface area contributed by atoms with Crippen molar-refractivity contribution in [2.24, 2.45) is 0 Å². The molecule has 1 fully saturated rings. The van der Waals surface area contributed by atoms with Gasteiger partial charge in [-0.25, -0.2) is 12.8 Å². The number of carbonyl (C=O) groups excluding carboxylic acids is 1. The zero-order valence-corrected chi connectivity index (χ0v) is 16.7. The average molecular weight is 457 g/mol. The molecule has 0 aromatic heterocycles. The maximum Gasteiger partial charge on any atom is 0.251 e. The highest BCUT2D eigenvalue weighted by Crippen LogP contribution is 2.20. The van der Waals surface area contributed by atoms with Gasteiger partial charge in [-0.2, -0.15) is 4.31 Å². The van der Waals surface area contributed by atoms with Crippen LogP contribution in [0.4, 0.5) is 4.39 Å². The largest absolute Gasteiger partial charge is 0.379 e. The first-order chi connectivity index (χ1) is 12.9. The van der Waals surface area contributed by atoms with Gasteiger partial charge in [0.25, 0.3) is 5.91 Å². The average Bonchev–Trinajstić information content (AvgIpc) is 2.69. The van der Waals surface area contributed by atoms with Crippen molar-refractivity contribution in [3.63, 3.8) is 0 Å². The fraction of sp³-hybridized carbons (Fsp3) is 0.278. The summed E-state index contributed by atoms with van der Waals surface area (Å²) in [5.74, 6) is -0.841. The van der Waals surface area contributed by atoms with E-state index in [1.807, 2.05) is 0 Å². The molecule has 0 radical (unpaired) electrons. The van der Waals surface area contributed by atoms with Crippen molar-refractivity contribution in [1.29, 1.82) is 0 Å². The normalized spacial score (nSPS) is 15.5. The number of nitrogens with one attached hydrogen (secondary N) is 1. The van der Waals surface area contributed by atoms with Crippen LogP contribution in [0.5, 0.6) is 0 Å². The Morgan fingerprint density at radius 1 is 1.19 bits per heavy atom. The smallest absolute Gasteiger partial charge is 0.251 e. The van der Waals surface area contributed by atoms with Crippen molar-refractivity contribution in [3.05, 3.63) is 63.9 Å². The second-order valence-corrected chi connectivity index (χ2v) is 8.75. The van der Waals surface area contributed by atoms with Crippen LogP contribution in [0, 0.1) is 5.82 Å². The highest BCUT2D eigenvalue weighted by molar-refractivity contribution is 9.10. The standard InChI is InChI=1S/C18H18BrFN2O4S/c19-17-5-4-15(20)10-14(17)12-21-18(23)13-2-1-3-16(11-13)27(24,25)22-6-8-26-9-7-22/h1-5,10-11H,6-9,12H2,(H,21,23). The molecule has 0 spiro atoms. The summed E-state index contributed by atoms with van der Waals surface area (Å²) < 4.78 is 46.0. The number of amides is 1. The number of nitrogens with zero attached hydrogens (tertiary/aromatic N) is 1. The first kappa shape index (κ1) is 19.9. The number of hydrogen-bond acceptors (Lipinski definition) is 4. The summed E-state index contributed by atoms with van der Waals surface area (Å²) in [5.41, 5.74) is 0.803. The van der Waals surface area contributed by atoms with Gasteiger partial charge in [-0.15, -0.1) is 0 Å². The summed E-state index contributed by atoms with van der Waals surface area (Å²) in [4.78, 5) is 12.5. The van der Waals surface area contributed by atoms with Gasteiger partial charge < -0.3 is 10.1 Å². The van der Waals surface area contributed by atoms with Gasteiger partial charge in [-0.05, 0) is 42.0 Å². The molecule has 0 bridgehead atoms. The number of morpholine rings is 1. The van der Waals surface area contributed by atoms with Crippen molar-refractivity contribution in [3.8, 4) is 0 Å². The van der Waals surface area contributed by atoms with Gasteiger partial charge in [0.05, 0.1) is 18.1 Å². The van der Waals surface area contributed by atoms with E-state index in [0.717, 1.165) is 0 Å². The molecule has 27 heavy (non-hydrogen) atoms. The minimum atomic E-state index is -3.68. The van der Waals surface area contributed by atoms with Crippen LogP contribution in [0.25, 0.3) is 0 Å². The van der Waals surface area contributed by atoms with E-state index >= 15 is 0 Å². The molecule has 1 N–H and O–H groups in total. The van der Waals surface area contributed by atoms with E-state index in [4.69, 9.17) is 4.74 Å². The van der Waals surface area contributed by atoms with Crippen molar-refractivity contribution >= 4 is 31.9 Å². The van der Waals surface area contributed by atoms with Crippen molar-refractivity contribution in [1.82, 2.24) is 9.62 Å². The van der Waals surface area contributed by atoms with Gasteiger partial charge in [-0.3, -0.25) is 4.79 Å².